The first kappa shape index (κ1) is 13.5. The van der Waals surface area contributed by atoms with E-state index in [-0.39, 0.29) is 40.0 Å². The number of rotatable bonds is 1. The van der Waals surface area contributed by atoms with Crippen LogP contribution in [0, 0.1) is 0 Å². The fraction of sp³-hybridized carbons (Fsp3) is 0.143. The van der Waals surface area contributed by atoms with E-state index in [0.29, 0.717) is 0 Å². The maximum absolute atomic E-state index is 2.69. The van der Waals surface area contributed by atoms with E-state index < -0.39 is 0 Å². The third kappa shape index (κ3) is 4.67. The van der Waals surface area contributed by atoms with Gasteiger partial charge in [-0.15, -0.1) is 26.2 Å². The van der Waals surface area contributed by atoms with Crippen LogP contribution in [0.3, 0.4) is 0 Å². The predicted octanol–water partition coefficient (Wildman–Crippen LogP) is 1.72. The van der Waals surface area contributed by atoms with Gasteiger partial charge in [-0.1, -0.05) is 30.3 Å². The van der Waals surface area contributed by atoms with Gasteiger partial charge in [-0.3, -0.25) is 0 Å². The van der Waals surface area contributed by atoms with Crippen LogP contribution in [0.25, 0.3) is 0 Å². The van der Waals surface area contributed by atoms with E-state index in [1.165, 1.54) is 5.56 Å². The highest BCUT2D eigenvalue weighted by atomic mass is 79.9. The molecule has 0 radical (unpaired) electrons. The molecule has 0 nitrogen and oxygen atoms in total. The van der Waals surface area contributed by atoms with E-state index in [1.54, 1.807) is 0 Å². The van der Waals surface area contributed by atoms with Gasteiger partial charge >= 0.3 is 23.1 Å². The predicted molar refractivity (Wildman–Crippen MR) is 58.7 cm³/mol. The molecule has 1 rings (SSSR count). The summed E-state index contributed by atoms with van der Waals surface area (Å²) in [6.07, 6.45) is 1.06. The number of hydrogen-bond donors (Lipinski definition) is 0. The highest BCUT2D eigenvalue weighted by Gasteiger charge is 1.80. The molecule has 0 saturated carbocycles. The molecular weight excluding hydrogens is 219 g/mol. The molecular formula is C7H12BrMgP. The van der Waals surface area contributed by atoms with Gasteiger partial charge in [0.25, 0.3) is 0 Å². The normalized spacial score (nSPS) is 7.30. The maximum Gasteiger partial charge on any atom is 0.316 e. The van der Waals surface area contributed by atoms with Gasteiger partial charge in [0.05, 0.1) is 0 Å². The molecule has 0 N–H and O–H groups in total. The lowest BCUT2D eigenvalue weighted by Gasteiger charge is -1.89. The van der Waals surface area contributed by atoms with Crippen LogP contribution in [-0.2, 0) is 6.16 Å². The van der Waals surface area contributed by atoms with Crippen LogP contribution in [0.1, 0.15) is 5.56 Å². The minimum absolute atomic E-state index is 0. The van der Waals surface area contributed by atoms with Crippen LogP contribution in [0.5, 0.6) is 0 Å². The van der Waals surface area contributed by atoms with Crippen molar-refractivity contribution in [3.63, 3.8) is 0 Å². The second kappa shape index (κ2) is 8.00. The Bertz CT molecular complexity index is 155. The van der Waals surface area contributed by atoms with E-state index in [1.807, 2.05) is 6.07 Å². The minimum Gasteiger partial charge on any atom is -0.133 e. The van der Waals surface area contributed by atoms with Gasteiger partial charge in [0.1, 0.15) is 0 Å². The van der Waals surface area contributed by atoms with Crippen LogP contribution >= 0.6 is 26.2 Å². The number of benzene rings is 1. The molecule has 0 amide bonds. The third-order valence-electron chi connectivity index (χ3n) is 1.08. The van der Waals surface area contributed by atoms with Gasteiger partial charge in [-0.25, -0.2) is 0 Å². The monoisotopic (exact) mass is 230 g/mol. The quantitative estimate of drug-likeness (QED) is 0.510. The smallest absolute Gasteiger partial charge is 0.133 e. The molecule has 0 fully saturated rings. The van der Waals surface area contributed by atoms with Gasteiger partial charge < -0.3 is 0 Å². The van der Waals surface area contributed by atoms with Crippen molar-refractivity contribution < 1.29 is 0 Å². The average Bonchev–Trinajstić information content (AvgIpc) is 1.90. The van der Waals surface area contributed by atoms with E-state index in [9.17, 15) is 0 Å². The largest absolute Gasteiger partial charge is 0.316 e. The Hall–Kier alpha value is 0.896. The minimum atomic E-state index is 0. The fourth-order valence-electron chi connectivity index (χ4n) is 0.614. The van der Waals surface area contributed by atoms with Crippen molar-refractivity contribution in [1.82, 2.24) is 0 Å². The van der Waals surface area contributed by atoms with Gasteiger partial charge in [0.2, 0.25) is 0 Å². The molecule has 0 aliphatic heterocycles. The van der Waals surface area contributed by atoms with Crippen molar-refractivity contribution in [2.45, 2.75) is 6.16 Å². The second-order valence-electron chi connectivity index (χ2n) is 1.69. The first-order valence-corrected chi connectivity index (χ1v) is 3.49. The summed E-state index contributed by atoms with van der Waals surface area (Å²) >= 11 is 0. The Morgan fingerprint density at radius 3 is 1.90 bits per heavy atom. The Balaban J connectivity index is 0. The zero-order chi connectivity index (χ0) is 5.82. The Kier molecular flexibility index (Phi) is 10.8. The van der Waals surface area contributed by atoms with Crippen molar-refractivity contribution >= 4 is 49.3 Å². The zero-order valence-corrected chi connectivity index (χ0v) is 7.95. The molecule has 1 aromatic rings. The van der Waals surface area contributed by atoms with Crippen LogP contribution in [0.2, 0.25) is 0 Å². The second-order valence-corrected chi connectivity index (χ2v) is 2.10. The highest BCUT2D eigenvalue weighted by Crippen LogP contribution is 2.02. The van der Waals surface area contributed by atoms with Crippen LogP contribution in [0.4, 0.5) is 0 Å². The third-order valence-corrected chi connectivity index (χ3v) is 1.55. The fourth-order valence-corrected chi connectivity index (χ4v) is 0.886. The van der Waals surface area contributed by atoms with Crippen LogP contribution < -0.4 is 0 Å². The van der Waals surface area contributed by atoms with Gasteiger partial charge in [-0.05, 0) is 11.7 Å². The summed E-state index contributed by atoms with van der Waals surface area (Å²) in [4.78, 5) is 0. The summed E-state index contributed by atoms with van der Waals surface area (Å²) in [5, 5.41) is 0. The summed E-state index contributed by atoms with van der Waals surface area (Å²) < 4.78 is 0. The van der Waals surface area contributed by atoms with E-state index in [4.69, 9.17) is 0 Å². The molecule has 1 aromatic carbocycles. The van der Waals surface area contributed by atoms with E-state index in [0.717, 1.165) is 6.16 Å². The molecule has 0 spiro atoms. The number of hydrogen-bond acceptors (Lipinski definition) is 0. The molecule has 0 aromatic heterocycles. The lowest BCUT2D eigenvalue weighted by atomic mass is 10.2. The van der Waals surface area contributed by atoms with Crippen LogP contribution in [-0.4, -0.2) is 23.1 Å². The molecule has 1 atom stereocenters. The van der Waals surface area contributed by atoms with Crippen molar-refractivity contribution in [2.24, 2.45) is 0 Å². The van der Waals surface area contributed by atoms with Crippen molar-refractivity contribution in [1.29, 1.82) is 0 Å². The summed E-state index contributed by atoms with van der Waals surface area (Å²) in [5.74, 6) is 0. The molecule has 0 heterocycles. The maximum atomic E-state index is 2.69. The van der Waals surface area contributed by atoms with Gasteiger partial charge in [0.15, 0.2) is 0 Å². The lowest BCUT2D eigenvalue weighted by Crippen LogP contribution is -1.70. The van der Waals surface area contributed by atoms with E-state index in [2.05, 4.69) is 33.5 Å². The van der Waals surface area contributed by atoms with Gasteiger partial charge in [0, 0.05) is 0 Å². The highest BCUT2D eigenvalue weighted by molar-refractivity contribution is 8.93. The Morgan fingerprint density at radius 2 is 1.60 bits per heavy atom. The van der Waals surface area contributed by atoms with Crippen molar-refractivity contribution in [2.75, 3.05) is 0 Å². The SMILES string of the molecule is Br.PCc1ccccc1.[MgH2]. The first-order chi connectivity index (χ1) is 3.93. The zero-order valence-electron chi connectivity index (χ0n) is 5.08. The summed E-state index contributed by atoms with van der Waals surface area (Å²) in [6.45, 7) is 0. The standard InChI is InChI=1S/C7H9P.BrH.Mg.2H/c8-6-7-4-2-1-3-5-7;;;;/h1-5H,6,8H2;1H;;;. The van der Waals surface area contributed by atoms with Crippen molar-refractivity contribution in [3.8, 4) is 0 Å². The van der Waals surface area contributed by atoms with Crippen molar-refractivity contribution in [3.05, 3.63) is 35.9 Å². The van der Waals surface area contributed by atoms with E-state index >= 15 is 0 Å². The number of halogens is 1. The van der Waals surface area contributed by atoms with Gasteiger partial charge in [-0.2, -0.15) is 0 Å². The Morgan fingerprint density at radius 1 is 1.10 bits per heavy atom. The topological polar surface area (TPSA) is 0 Å². The molecule has 0 saturated heterocycles. The Labute approximate surface area is 90.9 Å². The van der Waals surface area contributed by atoms with Crippen LogP contribution in [0.15, 0.2) is 30.3 Å². The molecule has 10 heavy (non-hydrogen) atoms. The molecule has 1 unspecified atom stereocenters. The molecule has 54 valence electrons. The first-order valence-electron chi connectivity index (χ1n) is 2.67. The summed E-state index contributed by atoms with van der Waals surface area (Å²) in [5.41, 5.74) is 1.37. The lowest BCUT2D eigenvalue weighted by molar-refractivity contribution is 1.42. The molecule has 0 aliphatic carbocycles. The molecule has 0 bridgehead atoms. The molecule has 0 aliphatic rings. The summed E-state index contributed by atoms with van der Waals surface area (Å²) in [7, 11) is 2.69. The summed E-state index contributed by atoms with van der Waals surface area (Å²) in [6, 6.07) is 10.4. The molecule has 3 heteroatoms. The average molecular weight is 231 g/mol.